The minimum Gasteiger partial charge on any atom is -0.381 e. The maximum absolute atomic E-state index is 15.0. The second-order valence-electron chi connectivity index (χ2n) is 8.81. The molecule has 2 aromatic heterocycles. The fraction of sp³-hybridized carbons (Fsp3) is 0.320. The maximum Gasteiger partial charge on any atom is 0.251 e. The molecule has 2 aliphatic rings. The van der Waals surface area contributed by atoms with Crippen molar-refractivity contribution in [2.24, 2.45) is 0 Å². The summed E-state index contributed by atoms with van der Waals surface area (Å²) in [4.78, 5) is 31.8. The number of anilines is 1. The number of benzene rings is 2. The van der Waals surface area contributed by atoms with Crippen molar-refractivity contribution in [3.63, 3.8) is 0 Å². The lowest BCUT2D eigenvalue weighted by molar-refractivity contribution is -0.118. The van der Waals surface area contributed by atoms with Gasteiger partial charge in [-0.3, -0.25) is 14.0 Å². The van der Waals surface area contributed by atoms with Gasteiger partial charge in [0, 0.05) is 55.4 Å². The standard InChI is InChI=1S/C25H24FN5O3S/c26-19-12-17(30-8-7-27-13-23(30)32)2-3-18(19)20-14-31-21-4-1-15(11-22(21)35-25(31)29-20)24(33)28-16-5-9-34-10-6-16/h1-4,11-12,14,16,27H,5-10,13H2,(H,28,33). The highest BCUT2D eigenvalue weighted by atomic mass is 32.1. The van der Waals surface area contributed by atoms with Crippen LogP contribution >= 0.6 is 11.3 Å². The lowest BCUT2D eigenvalue weighted by Gasteiger charge is -2.27. The van der Waals surface area contributed by atoms with Crippen molar-refractivity contribution in [1.82, 2.24) is 20.0 Å². The number of carbonyl (C=O) groups is 2. The molecule has 2 N–H and O–H groups in total. The van der Waals surface area contributed by atoms with Crippen LogP contribution in [0.4, 0.5) is 10.1 Å². The molecule has 0 spiro atoms. The highest BCUT2D eigenvalue weighted by Crippen LogP contribution is 2.32. The zero-order valence-electron chi connectivity index (χ0n) is 18.9. The predicted octanol–water partition coefficient (Wildman–Crippen LogP) is 3.20. The molecular formula is C25H24FN5O3S. The highest BCUT2D eigenvalue weighted by molar-refractivity contribution is 7.23. The first kappa shape index (κ1) is 22.1. The van der Waals surface area contributed by atoms with Crippen LogP contribution in [0.15, 0.2) is 42.6 Å². The third-order valence-corrected chi connectivity index (χ3v) is 7.56. The number of nitrogens with one attached hydrogen (secondary N) is 2. The van der Waals surface area contributed by atoms with Gasteiger partial charge in [0.1, 0.15) is 5.82 Å². The number of imidazole rings is 1. The summed E-state index contributed by atoms with van der Waals surface area (Å²) in [5.41, 5.74) is 2.98. The topological polar surface area (TPSA) is 88.0 Å². The number of piperazine rings is 1. The minimum absolute atomic E-state index is 0.0711. The number of ether oxygens (including phenoxy) is 1. The summed E-state index contributed by atoms with van der Waals surface area (Å²) in [6.07, 6.45) is 3.46. The highest BCUT2D eigenvalue weighted by Gasteiger charge is 2.22. The van der Waals surface area contributed by atoms with Crippen LogP contribution in [0, 0.1) is 5.82 Å². The Hall–Kier alpha value is -3.34. The summed E-state index contributed by atoms with van der Waals surface area (Å²) in [7, 11) is 0. The van der Waals surface area contributed by atoms with Crippen molar-refractivity contribution in [2.75, 3.05) is 37.7 Å². The molecule has 2 aromatic carbocycles. The van der Waals surface area contributed by atoms with Crippen molar-refractivity contribution >= 4 is 44.0 Å². The Morgan fingerprint density at radius 2 is 2.06 bits per heavy atom. The summed E-state index contributed by atoms with van der Waals surface area (Å²) in [5, 5.41) is 6.11. The number of nitrogens with zero attached hydrogens (tertiary/aromatic N) is 3. The second-order valence-corrected chi connectivity index (χ2v) is 9.82. The molecule has 8 nitrogen and oxygen atoms in total. The Labute approximate surface area is 204 Å². The Morgan fingerprint density at radius 3 is 2.86 bits per heavy atom. The van der Waals surface area contributed by atoms with Crippen molar-refractivity contribution in [3.05, 3.63) is 54.0 Å². The van der Waals surface area contributed by atoms with Gasteiger partial charge < -0.3 is 20.3 Å². The Bertz CT molecular complexity index is 1440. The third-order valence-electron chi connectivity index (χ3n) is 6.54. The van der Waals surface area contributed by atoms with E-state index in [0.717, 1.165) is 28.0 Å². The van der Waals surface area contributed by atoms with Crippen LogP contribution in [-0.2, 0) is 9.53 Å². The molecule has 0 unspecified atom stereocenters. The van der Waals surface area contributed by atoms with Gasteiger partial charge in [0.15, 0.2) is 4.96 Å². The number of carbonyl (C=O) groups excluding carboxylic acids is 2. The molecule has 0 radical (unpaired) electrons. The van der Waals surface area contributed by atoms with Gasteiger partial charge in [0.05, 0.1) is 22.5 Å². The third kappa shape index (κ3) is 4.18. The number of rotatable bonds is 4. The number of aromatic nitrogens is 2. The normalized spacial score (nSPS) is 17.4. The van der Waals surface area contributed by atoms with E-state index in [2.05, 4.69) is 15.6 Å². The van der Waals surface area contributed by atoms with Crippen LogP contribution in [0.5, 0.6) is 0 Å². The first-order valence-electron chi connectivity index (χ1n) is 11.7. The van der Waals surface area contributed by atoms with Crippen molar-refractivity contribution in [1.29, 1.82) is 0 Å². The molecule has 0 atom stereocenters. The average molecular weight is 494 g/mol. The summed E-state index contributed by atoms with van der Waals surface area (Å²) in [6, 6.07) is 10.6. The van der Waals surface area contributed by atoms with E-state index in [0.29, 0.717) is 48.8 Å². The fourth-order valence-electron chi connectivity index (χ4n) is 4.64. The van der Waals surface area contributed by atoms with E-state index in [4.69, 9.17) is 4.74 Å². The zero-order chi connectivity index (χ0) is 23.9. The quantitative estimate of drug-likeness (QED) is 0.456. The molecule has 0 saturated carbocycles. The van der Waals surface area contributed by atoms with Crippen LogP contribution in [-0.4, -0.2) is 60.1 Å². The van der Waals surface area contributed by atoms with Crippen molar-refractivity contribution < 1.29 is 18.7 Å². The van der Waals surface area contributed by atoms with Gasteiger partial charge >= 0.3 is 0 Å². The van der Waals surface area contributed by atoms with Gasteiger partial charge in [-0.15, -0.1) is 0 Å². The van der Waals surface area contributed by atoms with E-state index >= 15 is 4.39 Å². The van der Waals surface area contributed by atoms with E-state index < -0.39 is 5.82 Å². The SMILES string of the molecule is O=C(NC1CCOCC1)c1ccc2c(c1)sc1nc(-c3ccc(N4CCNCC4=O)cc3F)cn12. The summed E-state index contributed by atoms with van der Waals surface area (Å²) >= 11 is 1.46. The van der Waals surface area contributed by atoms with Gasteiger partial charge in [-0.2, -0.15) is 0 Å². The molecule has 2 aliphatic heterocycles. The number of hydrogen-bond acceptors (Lipinski definition) is 6. The molecule has 4 heterocycles. The molecule has 35 heavy (non-hydrogen) atoms. The van der Waals surface area contributed by atoms with E-state index in [1.165, 1.54) is 17.4 Å². The van der Waals surface area contributed by atoms with Gasteiger partial charge in [0.25, 0.3) is 5.91 Å². The van der Waals surface area contributed by atoms with Gasteiger partial charge in [-0.25, -0.2) is 9.37 Å². The van der Waals surface area contributed by atoms with Crippen molar-refractivity contribution in [2.45, 2.75) is 18.9 Å². The monoisotopic (exact) mass is 493 g/mol. The first-order chi connectivity index (χ1) is 17.1. The van der Waals surface area contributed by atoms with Crippen molar-refractivity contribution in [3.8, 4) is 11.3 Å². The molecule has 180 valence electrons. The molecule has 2 saturated heterocycles. The molecule has 0 bridgehead atoms. The summed E-state index contributed by atoms with van der Waals surface area (Å²) in [5.74, 6) is -0.579. The maximum atomic E-state index is 15.0. The second kappa shape index (κ2) is 9.03. The van der Waals surface area contributed by atoms with E-state index in [-0.39, 0.29) is 24.4 Å². The number of hydrogen-bond donors (Lipinski definition) is 2. The van der Waals surface area contributed by atoms with E-state index in [1.54, 1.807) is 17.0 Å². The molecule has 2 fully saturated rings. The number of fused-ring (bicyclic) bond motifs is 3. The van der Waals surface area contributed by atoms with Gasteiger partial charge in [0.2, 0.25) is 5.91 Å². The van der Waals surface area contributed by atoms with E-state index in [1.807, 2.05) is 28.8 Å². The van der Waals surface area contributed by atoms with E-state index in [9.17, 15) is 9.59 Å². The number of amides is 2. The smallest absolute Gasteiger partial charge is 0.251 e. The fourth-order valence-corrected chi connectivity index (χ4v) is 5.69. The molecular weight excluding hydrogens is 469 g/mol. The molecule has 2 amide bonds. The van der Waals surface area contributed by atoms with Gasteiger partial charge in [-0.05, 0) is 49.2 Å². The summed E-state index contributed by atoms with van der Waals surface area (Å²) in [6.45, 7) is 2.79. The number of halogens is 1. The largest absolute Gasteiger partial charge is 0.381 e. The molecule has 0 aliphatic carbocycles. The van der Waals surface area contributed by atoms with Crippen LogP contribution in [0.25, 0.3) is 26.4 Å². The minimum atomic E-state index is -0.420. The van der Waals surface area contributed by atoms with Crippen LogP contribution < -0.4 is 15.5 Å². The Morgan fingerprint density at radius 1 is 1.20 bits per heavy atom. The summed E-state index contributed by atoms with van der Waals surface area (Å²) < 4.78 is 23.3. The average Bonchev–Trinajstić information content (AvgIpc) is 3.42. The lowest BCUT2D eigenvalue weighted by atomic mass is 10.1. The van der Waals surface area contributed by atoms with Crippen LogP contribution in [0.3, 0.4) is 0 Å². The lowest BCUT2D eigenvalue weighted by Crippen LogP contribution is -2.48. The predicted molar refractivity (Wildman–Crippen MR) is 132 cm³/mol. The van der Waals surface area contributed by atoms with Crippen LogP contribution in [0.2, 0.25) is 0 Å². The van der Waals surface area contributed by atoms with Gasteiger partial charge in [-0.1, -0.05) is 11.3 Å². The molecule has 4 aromatic rings. The van der Waals surface area contributed by atoms with Crippen LogP contribution in [0.1, 0.15) is 23.2 Å². The molecule has 10 heteroatoms. The Kier molecular flexibility index (Phi) is 5.71. The number of thiazole rings is 1. The Balaban J connectivity index is 1.26. The molecule has 6 rings (SSSR count). The zero-order valence-corrected chi connectivity index (χ0v) is 19.7. The first-order valence-corrected chi connectivity index (χ1v) is 12.5.